The first-order chi connectivity index (χ1) is 10.9. The van der Waals surface area contributed by atoms with Gasteiger partial charge in [-0.05, 0) is 63.1 Å². The van der Waals surface area contributed by atoms with Crippen molar-refractivity contribution in [3.8, 4) is 11.5 Å². The van der Waals surface area contributed by atoms with E-state index in [1.807, 2.05) is 50.2 Å². The molecule has 124 valence electrons. The van der Waals surface area contributed by atoms with Gasteiger partial charge in [0.2, 0.25) is 0 Å². The molecule has 0 radical (unpaired) electrons. The number of carbonyl (C=O) groups excluding carboxylic acids is 1. The van der Waals surface area contributed by atoms with E-state index in [1.54, 1.807) is 26.0 Å². The fraction of sp³-hybridized carbons (Fsp3) is 0.316. The summed E-state index contributed by atoms with van der Waals surface area (Å²) in [6, 6.07) is 14.7. The van der Waals surface area contributed by atoms with Crippen LogP contribution in [0.1, 0.15) is 25.0 Å². The number of phenolic OH excluding ortho intramolecular Hbond substituents is 1. The normalized spacial score (nSPS) is 11.0. The van der Waals surface area contributed by atoms with Crippen molar-refractivity contribution >= 4 is 5.97 Å². The summed E-state index contributed by atoms with van der Waals surface area (Å²) in [5.74, 6) is 0.694. The van der Waals surface area contributed by atoms with Gasteiger partial charge in [0.25, 0.3) is 0 Å². The van der Waals surface area contributed by atoms with E-state index in [4.69, 9.17) is 14.6 Å². The molecule has 0 saturated heterocycles. The van der Waals surface area contributed by atoms with Crippen molar-refractivity contribution in [3.63, 3.8) is 0 Å². The molecule has 0 aromatic heterocycles. The lowest BCUT2D eigenvalue weighted by atomic mass is 10.2. The van der Waals surface area contributed by atoms with E-state index in [2.05, 4.69) is 0 Å². The standard InChI is InChI=1S/C12H16O3.C7H8O/c1-4-14-12(13)10(3)15-11-7-5-6-9(2)8-11;1-6-3-2-4-7(8)5-6/h5-8,10H,4H2,1-3H3;2-5,8H,1H3. The van der Waals surface area contributed by atoms with Crippen LogP contribution in [-0.2, 0) is 9.53 Å². The van der Waals surface area contributed by atoms with Gasteiger partial charge in [-0.15, -0.1) is 0 Å². The van der Waals surface area contributed by atoms with Crippen molar-refractivity contribution in [1.82, 2.24) is 0 Å². The average Bonchev–Trinajstić information content (AvgIpc) is 2.48. The molecule has 1 N–H and O–H groups in total. The van der Waals surface area contributed by atoms with Crippen molar-refractivity contribution in [2.75, 3.05) is 6.61 Å². The van der Waals surface area contributed by atoms with Crippen molar-refractivity contribution in [3.05, 3.63) is 59.7 Å². The third-order valence-corrected chi connectivity index (χ3v) is 2.92. The van der Waals surface area contributed by atoms with E-state index >= 15 is 0 Å². The number of carbonyl (C=O) groups is 1. The smallest absolute Gasteiger partial charge is 0.347 e. The number of benzene rings is 2. The van der Waals surface area contributed by atoms with E-state index in [-0.39, 0.29) is 5.97 Å². The summed E-state index contributed by atoms with van der Waals surface area (Å²) in [6.45, 7) is 7.75. The Bertz CT molecular complexity index is 605. The van der Waals surface area contributed by atoms with Crippen LogP contribution in [0.25, 0.3) is 0 Å². The predicted octanol–water partition coefficient (Wildman–Crippen LogP) is 4.03. The Labute approximate surface area is 137 Å². The highest BCUT2D eigenvalue weighted by Crippen LogP contribution is 2.14. The van der Waals surface area contributed by atoms with Gasteiger partial charge in [-0.2, -0.15) is 0 Å². The third-order valence-electron chi connectivity index (χ3n) is 2.92. The topological polar surface area (TPSA) is 55.8 Å². The monoisotopic (exact) mass is 316 g/mol. The molecule has 0 spiro atoms. The predicted molar refractivity (Wildman–Crippen MR) is 90.7 cm³/mol. The molecular weight excluding hydrogens is 292 g/mol. The minimum absolute atomic E-state index is 0.334. The van der Waals surface area contributed by atoms with E-state index in [9.17, 15) is 4.79 Å². The molecule has 0 heterocycles. The quantitative estimate of drug-likeness (QED) is 0.865. The number of rotatable bonds is 4. The second-order valence-corrected chi connectivity index (χ2v) is 5.17. The molecule has 0 aliphatic carbocycles. The molecule has 0 aliphatic rings. The van der Waals surface area contributed by atoms with Gasteiger partial charge in [-0.3, -0.25) is 0 Å². The summed E-state index contributed by atoms with van der Waals surface area (Å²) in [5.41, 5.74) is 2.19. The Balaban J connectivity index is 0.000000277. The SMILES string of the molecule is CCOC(=O)C(C)Oc1cccc(C)c1.Cc1cccc(O)c1. The summed E-state index contributed by atoms with van der Waals surface area (Å²) >= 11 is 0. The van der Waals surface area contributed by atoms with Gasteiger partial charge in [0.05, 0.1) is 6.61 Å². The second-order valence-electron chi connectivity index (χ2n) is 5.17. The number of hydrogen-bond donors (Lipinski definition) is 1. The Morgan fingerprint density at radius 3 is 2.17 bits per heavy atom. The fourth-order valence-corrected chi connectivity index (χ4v) is 1.83. The highest BCUT2D eigenvalue weighted by atomic mass is 16.6. The van der Waals surface area contributed by atoms with Crippen LogP contribution in [-0.4, -0.2) is 23.8 Å². The van der Waals surface area contributed by atoms with Crippen LogP contribution in [0.4, 0.5) is 0 Å². The van der Waals surface area contributed by atoms with Crippen LogP contribution in [0.15, 0.2) is 48.5 Å². The molecule has 2 aromatic carbocycles. The summed E-state index contributed by atoms with van der Waals surface area (Å²) in [4.78, 5) is 11.3. The van der Waals surface area contributed by atoms with Crippen LogP contribution in [0.3, 0.4) is 0 Å². The van der Waals surface area contributed by atoms with Crippen molar-refractivity contribution in [2.45, 2.75) is 33.8 Å². The molecule has 1 atom stereocenters. The van der Waals surface area contributed by atoms with Gasteiger partial charge < -0.3 is 14.6 Å². The molecular formula is C19H24O4. The van der Waals surface area contributed by atoms with Crippen LogP contribution in [0, 0.1) is 13.8 Å². The summed E-state index contributed by atoms with van der Waals surface area (Å²) < 4.78 is 10.3. The van der Waals surface area contributed by atoms with Gasteiger partial charge in [-0.1, -0.05) is 24.3 Å². The zero-order chi connectivity index (χ0) is 17.2. The minimum Gasteiger partial charge on any atom is -0.508 e. The number of ether oxygens (including phenoxy) is 2. The van der Waals surface area contributed by atoms with Crippen molar-refractivity contribution in [1.29, 1.82) is 0 Å². The Morgan fingerprint density at radius 2 is 1.70 bits per heavy atom. The molecule has 2 rings (SSSR count). The largest absolute Gasteiger partial charge is 0.508 e. The maximum absolute atomic E-state index is 11.3. The highest BCUT2D eigenvalue weighted by Gasteiger charge is 2.15. The first-order valence-electron chi connectivity index (χ1n) is 7.58. The molecule has 0 aliphatic heterocycles. The number of aromatic hydroxyl groups is 1. The van der Waals surface area contributed by atoms with Crippen LogP contribution in [0.5, 0.6) is 11.5 Å². The average molecular weight is 316 g/mol. The summed E-state index contributed by atoms with van der Waals surface area (Å²) in [6.07, 6.45) is -0.563. The molecule has 0 amide bonds. The first kappa shape index (κ1) is 18.6. The lowest BCUT2D eigenvalue weighted by Gasteiger charge is -2.13. The molecule has 0 bridgehead atoms. The van der Waals surface area contributed by atoms with Gasteiger partial charge in [-0.25, -0.2) is 4.79 Å². The van der Waals surface area contributed by atoms with Crippen molar-refractivity contribution in [2.24, 2.45) is 0 Å². The molecule has 2 aromatic rings. The Hall–Kier alpha value is -2.49. The maximum Gasteiger partial charge on any atom is 0.347 e. The van der Waals surface area contributed by atoms with Crippen LogP contribution >= 0.6 is 0 Å². The highest BCUT2D eigenvalue weighted by molar-refractivity contribution is 5.74. The number of aryl methyl sites for hydroxylation is 2. The summed E-state index contributed by atoms with van der Waals surface area (Å²) in [5, 5.41) is 8.81. The lowest BCUT2D eigenvalue weighted by molar-refractivity contribution is -0.150. The fourth-order valence-electron chi connectivity index (χ4n) is 1.83. The van der Waals surface area contributed by atoms with Gasteiger partial charge >= 0.3 is 5.97 Å². The Morgan fingerprint density at radius 1 is 1.09 bits per heavy atom. The van der Waals surface area contributed by atoms with E-state index < -0.39 is 6.10 Å². The first-order valence-corrected chi connectivity index (χ1v) is 7.58. The number of hydrogen-bond acceptors (Lipinski definition) is 4. The molecule has 4 nitrogen and oxygen atoms in total. The zero-order valence-corrected chi connectivity index (χ0v) is 14.1. The van der Waals surface area contributed by atoms with Crippen molar-refractivity contribution < 1.29 is 19.4 Å². The number of phenols is 1. The van der Waals surface area contributed by atoms with E-state index in [0.717, 1.165) is 11.1 Å². The van der Waals surface area contributed by atoms with Crippen LogP contribution < -0.4 is 4.74 Å². The molecule has 23 heavy (non-hydrogen) atoms. The van der Waals surface area contributed by atoms with E-state index in [1.165, 1.54) is 0 Å². The zero-order valence-electron chi connectivity index (χ0n) is 14.1. The second kappa shape index (κ2) is 9.51. The Kier molecular flexibility index (Phi) is 7.67. The lowest BCUT2D eigenvalue weighted by Crippen LogP contribution is -2.26. The minimum atomic E-state index is -0.563. The van der Waals surface area contributed by atoms with Gasteiger partial charge in [0.1, 0.15) is 11.5 Å². The molecule has 0 saturated carbocycles. The van der Waals surface area contributed by atoms with Gasteiger partial charge in [0.15, 0.2) is 6.10 Å². The molecule has 4 heteroatoms. The maximum atomic E-state index is 11.3. The van der Waals surface area contributed by atoms with E-state index in [0.29, 0.717) is 18.1 Å². The summed E-state index contributed by atoms with van der Waals surface area (Å²) in [7, 11) is 0. The molecule has 0 fully saturated rings. The molecule has 1 unspecified atom stereocenters. The third kappa shape index (κ3) is 7.36. The number of esters is 1. The van der Waals surface area contributed by atoms with Crippen LogP contribution in [0.2, 0.25) is 0 Å². The van der Waals surface area contributed by atoms with Gasteiger partial charge in [0, 0.05) is 0 Å².